The number of aromatic nitrogens is 1. The summed E-state index contributed by atoms with van der Waals surface area (Å²) in [6, 6.07) is 14.2. The van der Waals surface area contributed by atoms with E-state index in [1.54, 1.807) is 30.5 Å². The van der Waals surface area contributed by atoms with Crippen molar-refractivity contribution >= 4 is 34.5 Å². The van der Waals surface area contributed by atoms with Gasteiger partial charge in [-0.1, -0.05) is 23.7 Å². The number of pyridine rings is 1. The van der Waals surface area contributed by atoms with Crippen molar-refractivity contribution in [2.45, 2.75) is 6.10 Å². The number of nitrogens with zero attached hydrogens (tertiary/aromatic N) is 1. The van der Waals surface area contributed by atoms with Crippen LogP contribution in [0.3, 0.4) is 0 Å². The third-order valence-corrected chi connectivity index (χ3v) is 5.75. The maximum absolute atomic E-state index is 12.4. The Morgan fingerprint density at radius 3 is 2.77 bits per heavy atom. The number of hydroxylamine groups is 1. The highest BCUT2D eigenvalue weighted by Gasteiger charge is 2.19. The molecule has 154 valence electrons. The van der Waals surface area contributed by atoms with Gasteiger partial charge in [-0.05, 0) is 48.0 Å². The van der Waals surface area contributed by atoms with Crippen molar-refractivity contribution in [3.05, 3.63) is 85.9 Å². The van der Waals surface area contributed by atoms with E-state index in [2.05, 4.69) is 10.8 Å². The van der Waals surface area contributed by atoms with E-state index in [0.29, 0.717) is 15.8 Å². The number of carbonyl (C=O) groups is 1. The Hall–Kier alpha value is -3.07. The first-order valence-electron chi connectivity index (χ1n) is 9.08. The van der Waals surface area contributed by atoms with Crippen molar-refractivity contribution in [3.63, 3.8) is 0 Å². The molecule has 0 saturated heterocycles. The van der Waals surface area contributed by atoms with E-state index in [9.17, 15) is 9.59 Å². The number of methoxy groups -OCH3 is 1. The molecule has 1 unspecified atom stereocenters. The van der Waals surface area contributed by atoms with E-state index in [0.717, 1.165) is 16.9 Å². The van der Waals surface area contributed by atoms with E-state index < -0.39 is 0 Å². The minimum Gasteiger partial charge on any atom is -0.491 e. The highest BCUT2D eigenvalue weighted by atomic mass is 35.5. The molecule has 2 aromatic heterocycles. The molecule has 30 heavy (non-hydrogen) atoms. The smallest absolute Gasteiger partial charge is 0.297 e. The van der Waals surface area contributed by atoms with Crippen LogP contribution in [0.4, 0.5) is 0 Å². The molecule has 7 nitrogen and oxygen atoms in total. The molecule has 3 aromatic rings. The number of ether oxygens (including phenoxy) is 1. The summed E-state index contributed by atoms with van der Waals surface area (Å²) in [5.74, 6) is 0.0929. The van der Waals surface area contributed by atoms with Crippen molar-refractivity contribution in [2.75, 3.05) is 13.7 Å². The first-order valence-corrected chi connectivity index (χ1v) is 10.3. The predicted octanol–water partition coefficient (Wildman–Crippen LogP) is 3.24. The van der Waals surface area contributed by atoms with Gasteiger partial charge in [-0.25, -0.2) is 0 Å². The number of rotatable bonds is 6. The summed E-state index contributed by atoms with van der Waals surface area (Å²) in [4.78, 5) is 30.6. The molecule has 0 aliphatic carbocycles. The van der Waals surface area contributed by atoms with Gasteiger partial charge in [-0.3, -0.25) is 24.5 Å². The van der Waals surface area contributed by atoms with Crippen molar-refractivity contribution in [1.29, 1.82) is 0 Å². The number of thiophene rings is 1. The highest BCUT2D eigenvalue weighted by molar-refractivity contribution is 7.17. The van der Waals surface area contributed by atoms with Crippen LogP contribution in [0.25, 0.3) is 11.4 Å². The lowest BCUT2D eigenvalue weighted by Crippen LogP contribution is -2.31. The molecule has 1 aliphatic rings. The van der Waals surface area contributed by atoms with Gasteiger partial charge in [0.05, 0.1) is 28.6 Å². The lowest BCUT2D eigenvalue weighted by molar-refractivity contribution is 0.0499. The molecule has 9 heteroatoms. The second-order valence-electron chi connectivity index (χ2n) is 6.45. The molecule has 1 aliphatic heterocycles. The van der Waals surface area contributed by atoms with Gasteiger partial charge < -0.3 is 10.1 Å². The zero-order valence-electron chi connectivity index (χ0n) is 15.9. The molecule has 0 fully saturated rings. The topological polar surface area (TPSA) is 81.6 Å². The van der Waals surface area contributed by atoms with Crippen LogP contribution in [-0.2, 0) is 4.84 Å². The number of nitrogens with one attached hydrogen (secondary N) is 2. The summed E-state index contributed by atoms with van der Waals surface area (Å²) >= 11 is 7.09. The van der Waals surface area contributed by atoms with E-state index in [-0.39, 0.29) is 23.3 Å². The van der Waals surface area contributed by atoms with E-state index in [1.807, 2.05) is 30.3 Å². The zero-order valence-corrected chi connectivity index (χ0v) is 17.5. The summed E-state index contributed by atoms with van der Waals surface area (Å²) in [6.45, 7) is 0.322. The fourth-order valence-electron chi connectivity index (χ4n) is 3.00. The second kappa shape index (κ2) is 8.74. The number of halogens is 1. The molecule has 3 heterocycles. The van der Waals surface area contributed by atoms with Gasteiger partial charge in [-0.2, -0.15) is 0 Å². The summed E-state index contributed by atoms with van der Waals surface area (Å²) in [6.07, 6.45) is 3.28. The molecule has 2 N–H and O–H groups in total. The van der Waals surface area contributed by atoms with Crippen molar-refractivity contribution < 1.29 is 14.4 Å². The van der Waals surface area contributed by atoms with Gasteiger partial charge in [0.25, 0.3) is 11.5 Å². The molecular weight excluding hydrogens is 426 g/mol. The van der Waals surface area contributed by atoms with E-state index >= 15 is 0 Å². The number of hydrogen-bond donors (Lipinski definition) is 2. The Labute approximate surface area is 181 Å². The van der Waals surface area contributed by atoms with E-state index in [1.165, 1.54) is 23.0 Å². The summed E-state index contributed by atoms with van der Waals surface area (Å²) < 4.78 is 7.18. The Morgan fingerprint density at radius 2 is 2.07 bits per heavy atom. The van der Waals surface area contributed by atoms with Crippen LogP contribution in [0.1, 0.15) is 15.2 Å². The largest absolute Gasteiger partial charge is 0.491 e. The molecule has 1 amide bonds. The lowest BCUT2D eigenvalue weighted by Gasteiger charge is -2.09. The summed E-state index contributed by atoms with van der Waals surface area (Å²) in [7, 11) is 1.47. The zero-order chi connectivity index (χ0) is 21.1. The maximum Gasteiger partial charge on any atom is 0.297 e. The monoisotopic (exact) mass is 443 g/mol. The van der Waals surface area contributed by atoms with Crippen LogP contribution in [0.5, 0.6) is 5.75 Å². The van der Waals surface area contributed by atoms with Gasteiger partial charge >= 0.3 is 0 Å². The van der Waals surface area contributed by atoms with Crippen LogP contribution in [0, 0.1) is 0 Å². The van der Waals surface area contributed by atoms with Crippen LogP contribution >= 0.6 is 22.9 Å². The SMILES string of the molecule is COc1cccn(-c2ccc(C3=CC(CNC(=O)c4ccc(Cl)s4)ON3)cc2)c1=O. The van der Waals surface area contributed by atoms with Crippen LogP contribution < -0.4 is 21.1 Å². The third kappa shape index (κ3) is 4.25. The average Bonchev–Trinajstić information content (AvgIpc) is 3.42. The maximum atomic E-state index is 12.4. The van der Waals surface area contributed by atoms with Crippen molar-refractivity contribution in [3.8, 4) is 11.4 Å². The molecule has 0 saturated carbocycles. The Kier molecular flexibility index (Phi) is 5.89. The molecular formula is C21H18ClN3O4S. The Morgan fingerprint density at radius 1 is 1.27 bits per heavy atom. The van der Waals surface area contributed by atoms with Gasteiger partial charge in [0.15, 0.2) is 5.75 Å². The fraction of sp³-hybridized carbons (Fsp3) is 0.143. The third-order valence-electron chi connectivity index (χ3n) is 4.52. The highest BCUT2D eigenvalue weighted by Crippen LogP contribution is 2.22. The Balaban J connectivity index is 1.42. The van der Waals surface area contributed by atoms with Gasteiger partial charge in [-0.15, -0.1) is 11.3 Å². The fourth-order valence-corrected chi connectivity index (χ4v) is 3.96. The normalized spacial score (nSPS) is 15.4. The number of amides is 1. The van der Waals surface area contributed by atoms with Crippen molar-refractivity contribution in [1.82, 2.24) is 15.4 Å². The van der Waals surface area contributed by atoms with E-state index in [4.69, 9.17) is 21.2 Å². The molecule has 0 radical (unpaired) electrons. The minimum absolute atomic E-state index is 0.189. The summed E-state index contributed by atoms with van der Waals surface area (Å²) in [5, 5.41) is 2.83. The first-order chi connectivity index (χ1) is 14.5. The van der Waals surface area contributed by atoms with Gasteiger partial charge in [0.1, 0.15) is 6.10 Å². The van der Waals surface area contributed by atoms with Crippen LogP contribution in [-0.4, -0.2) is 30.2 Å². The molecule has 1 atom stereocenters. The lowest BCUT2D eigenvalue weighted by atomic mass is 10.1. The molecule has 0 bridgehead atoms. The van der Waals surface area contributed by atoms with Crippen molar-refractivity contribution in [2.24, 2.45) is 0 Å². The molecule has 4 rings (SSSR count). The number of hydrogen-bond acceptors (Lipinski definition) is 6. The Bertz CT molecular complexity index is 1150. The van der Waals surface area contributed by atoms with Crippen LogP contribution in [0.15, 0.2) is 65.6 Å². The van der Waals surface area contributed by atoms with Gasteiger partial charge in [0.2, 0.25) is 0 Å². The molecule has 0 spiro atoms. The minimum atomic E-state index is -0.305. The van der Waals surface area contributed by atoms with Gasteiger partial charge in [0, 0.05) is 11.9 Å². The number of benzene rings is 1. The average molecular weight is 444 g/mol. The second-order valence-corrected chi connectivity index (χ2v) is 8.17. The summed E-state index contributed by atoms with van der Waals surface area (Å²) in [5.41, 5.74) is 5.07. The van der Waals surface area contributed by atoms with Crippen LogP contribution in [0.2, 0.25) is 4.34 Å². The predicted molar refractivity (Wildman–Crippen MR) is 116 cm³/mol. The number of carbonyl (C=O) groups excluding carboxylic acids is 1. The standard InChI is InChI=1S/C21H18ClN3O4S/c1-28-17-3-2-10-25(21(17)27)14-6-4-13(5-7-14)16-11-15(29-24-16)12-23-20(26)18-8-9-19(22)30-18/h2-11,15,24H,12H2,1H3,(H,23,26). The quantitative estimate of drug-likeness (QED) is 0.611. The molecule has 1 aromatic carbocycles. The first kappa shape index (κ1) is 20.2.